The van der Waals surface area contributed by atoms with Gasteiger partial charge in [0.05, 0.1) is 0 Å². The average molecular weight is 205 g/mol. The second kappa shape index (κ2) is 9.40. The Balaban J connectivity index is 0. The van der Waals surface area contributed by atoms with Crippen molar-refractivity contribution >= 4 is 0 Å². The molecule has 0 aromatic heterocycles. The molecule has 88 valence electrons. The molecule has 0 radical (unpaired) electrons. The molecule has 0 fully saturated rings. The Morgan fingerprint density at radius 2 is 1.64 bits per heavy atom. The summed E-state index contributed by atoms with van der Waals surface area (Å²) in [5.74, 6) is -0.608. The molecule has 4 nitrogen and oxygen atoms in total. The summed E-state index contributed by atoms with van der Waals surface area (Å²) in [7, 11) is 6.00. The van der Waals surface area contributed by atoms with Gasteiger partial charge in [-0.25, -0.2) is 0 Å². The van der Waals surface area contributed by atoms with Gasteiger partial charge in [-0.3, -0.25) is 11.1 Å². The molecule has 14 heavy (non-hydrogen) atoms. The third-order valence-electron chi connectivity index (χ3n) is 1.40. The smallest absolute Gasteiger partial charge is 0.171 e. The van der Waals surface area contributed by atoms with Crippen LogP contribution < -0.4 is 11.1 Å². The SMILES string of the molecule is CCNC(N)(CC)OCC.CN(C)C. The lowest BCUT2D eigenvalue weighted by Gasteiger charge is -2.28. The minimum atomic E-state index is -0.608. The van der Waals surface area contributed by atoms with Gasteiger partial charge in [0.1, 0.15) is 0 Å². The Labute approximate surface area is 88.8 Å². The molecule has 0 aromatic carbocycles. The van der Waals surface area contributed by atoms with Crippen molar-refractivity contribution in [2.75, 3.05) is 34.3 Å². The zero-order valence-electron chi connectivity index (χ0n) is 10.6. The van der Waals surface area contributed by atoms with Crippen LogP contribution in [-0.4, -0.2) is 45.0 Å². The molecule has 0 saturated carbocycles. The average Bonchev–Trinajstić information content (AvgIpc) is 2.04. The summed E-state index contributed by atoms with van der Waals surface area (Å²) in [6.07, 6.45) is 0.786. The van der Waals surface area contributed by atoms with Crippen molar-refractivity contribution in [3.8, 4) is 0 Å². The molecule has 0 aliphatic carbocycles. The van der Waals surface area contributed by atoms with Crippen LogP contribution in [0.4, 0.5) is 0 Å². The van der Waals surface area contributed by atoms with Crippen LogP contribution in [0.3, 0.4) is 0 Å². The van der Waals surface area contributed by atoms with Gasteiger partial charge in [0.25, 0.3) is 0 Å². The third-order valence-corrected chi connectivity index (χ3v) is 1.40. The number of rotatable bonds is 5. The molecule has 4 heteroatoms. The fourth-order valence-corrected chi connectivity index (χ4v) is 0.835. The van der Waals surface area contributed by atoms with Gasteiger partial charge in [-0.05, 0) is 34.6 Å². The molecule has 0 spiro atoms. The maximum absolute atomic E-state index is 5.78. The maximum atomic E-state index is 5.78. The minimum Gasteiger partial charge on any atom is -0.348 e. The van der Waals surface area contributed by atoms with E-state index in [1.807, 2.05) is 46.8 Å². The highest BCUT2D eigenvalue weighted by Gasteiger charge is 2.19. The van der Waals surface area contributed by atoms with Gasteiger partial charge >= 0.3 is 0 Å². The Morgan fingerprint density at radius 1 is 1.21 bits per heavy atom. The topological polar surface area (TPSA) is 50.5 Å². The number of ether oxygens (including phenoxy) is 1. The molecule has 0 heterocycles. The predicted octanol–water partition coefficient (Wildman–Crippen LogP) is 0.833. The molecule has 0 rings (SSSR count). The largest absolute Gasteiger partial charge is 0.348 e. The normalized spacial score (nSPS) is 14.6. The highest BCUT2D eigenvalue weighted by Crippen LogP contribution is 2.02. The van der Waals surface area contributed by atoms with Crippen molar-refractivity contribution in [1.29, 1.82) is 0 Å². The second-order valence-electron chi connectivity index (χ2n) is 3.55. The van der Waals surface area contributed by atoms with E-state index in [9.17, 15) is 0 Å². The first-order valence-corrected chi connectivity index (χ1v) is 5.20. The molecule has 0 saturated heterocycles. The van der Waals surface area contributed by atoms with Gasteiger partial charge in [-0.2, -0.15) is 0 Å². The highest BCUT2D eigenvalue weighted by atomic mass is 16.5. The molecule has 0 aromatic rings. The Kier molecular flexibility index (Phi) is 10.9. The van der Waals surface area contributed by atoms with E-state index in [1.54, 1.807) is 0 Å². The van der Waals surface area contributed by atoms with Crippen LogP contribution in [-0.2, 0) is 4.74 Å². The van der Waals surface area contributed by atoms with Gasteiger partial charge in [0.2, 0.25) is 0 Å². The van der Waals surface area contributed by atoms with Gasteiger partial charge in [0, 0.05) is 13.0 Å². The van der Waals surface area contributed by atoms with E-state index in [0.717, 1.165) is 13.0 Å². The summed E-state index contributed by atoms with van der Waals surface area (Å²) < 4.78 is 5.29. The van der Waals surface area contributed by atoms with Gasteiger partial charge < -0.3 is 9.64 Å². The zero-order valence-corrected chi connectivity index (χ0v) is 10.6. The van der Waals surface area contributed by atoms with E-state index in [0.29, 0.717) is 6.61 Å². The fraction of sp³-hybridized carbons (Fsp3) is 1.00. The lowest BCUT2D eigenvalue weighted by molar-refractivity contribution is -0.0624. The van der Waals surface area contributed by atoms with E-state index in [2.05, 4.69) is 5.32 Å². The molecule has 0 aliphatic heterocycles. The molecular formula is C10H27N3O. The van der Waals surface area contributed by atoms with Crippen molar-refractivity contribution in [2.45, 2.75) is 33.0 Å². The predicted molar refractivity (Wildman–Crippen MR) is 62.1 cm³/mol. The van der Waals surface area contributed by atoms with E-state index < -0.39 is 5.85 Å². The molecule has 1 atom stereocenters. The summed E-state index contributed by atoms with van der Waals surface area (Å²) >= 11 is 0. The number of nitrogens with zero attached hydrogens (tertiary/aromatic N) is 1. The Morgan fingerprint density at radius 3 is 1.86 bits per heavy atom. The number of nitrogens with one attached hydrogen (secondary N) is 1. The lowest BCUT2D eigenvalue weighted by atomic mass is 10.3. The van der Waals surface area contributed by atoms with Gasteiger partial charge in [0.15, 0.2) is 5.85 Å². The Hall–Kier alpha value is -0.160. The summed E-state index contributed by atoms with van der Waals surface area (Å²) in [4.78, 5) is 2.00. The van der Waals surface area contributed by atoms with Crippen LogP contribution in [0.2, 0.25) is 0 Å². The third kappa shape index (κ3) is 11.8. The second-order valence-corrected chi connectivity index (χ2v) is 3.55. The molecule has 1 unspecified atom stereocenters. The zero-order chi connectivity index (χ0) is 11.6. The van der Waals surface area contributed by atoms with E-state index >= 15 is 0 Å². The minimum absolute atomic E-state index is 0.608. The first-order valence-electron chi connectivity index (χ1n) is 5.20. The van der Waals surface area contributed by atoms with Crippen molar-refractivity contribution < 1.29 is 4.74 Å². The molecule has 0 amide bonds. The molecular weight excluding hydrogens is 178 g/mol. The highest BCUT2D eigenvalue weighted by molar-refractivity contribution is 4.66. The lowest BCUT2D eigenvalue weighted by Crippen LogP contribution is -2.55. The van der Waals surface area contributed by atoms with E-state index in [4.69, 9.17) is 10.5 Å². The maximum Gasteiger partial charge on any atom is 0.171 e. The summed E-state index contributed by atoms with van der Waals surface area (Å²) in [6.45, 7) is 7.44. The van der Waals surface area contributed by atoms with Crippen LogP contribution >= 0.6 is 0 Å². The van der Waals surface area contributed by atoms with Crippen LogP contribution in [0.1, 0.15) is 27.2 Å². The monoisotopic (exact) mass is 205 g/mol. The quantitative estimate of drug-likeness (QED) is 0.653. The Bertz CT molecular complexity index is 109. The summed E-state index contributed by atoms with van der Waals surface area (Å²) in [5, 5.41) is 3.07. The summed E-state index contributed by atoms with van der Waals surface area (Å²) in [6, 6.07) is 0. The molecule has 3 N–H and O–H groups in total. The van der Waals surface area contributed by atoms with Crippen LogP contribution in [0, 0.1) is 0 Å². The first kappa shape index (κ1) is 16.3. The standard InChI is InChI=1S/C7H18N2O.C3H9N/c1-4-7(8,9-5-2)10-6-3;1-4(2)3/h9H,4-6,8H2,1-3H3;1-3H3. The number of nitrogens with two attached hydrogens (primary N) is 1. The van der Waals surface area contributed by atoms with Crippen molar-refractivity contribution in [1.82, 2.24) is 10.2 Å². The first-order chi connectivity index (χ1) is 6.41. The molecule has 0 bridgehead atoms. The van der Waals surface area contributed by atoms with Crippen molar-refractivity contribution in [2.24, 2.45) is 5.73 Å². The van der Waals surface area contributed by atoms with E-state index in [-0.39, 0.29) is 0 Å². The fourth-order valence-electron chi connectivity index (χ4n) is 0.835. The van der Waals surface area contributed by atoms with Crippen molar-refractivity contribution in [3.05, 3.63) is 0 Å². The van der Waals surface area contributed by atoms with Crippen LogP contribution in [0.25, 0.3) is 0 Å². The van der Waals surface area contributed by atoms with Crippen LogP contribution in [0.15, 0.2) is 0 Å². The van der Waals surface area contributed by atoms with Gasteiger partial charge in [-0.1, -0.05) is 13.8 Å². The number of hydrogen-bond acceptors (Lipinski definition) is 4. The van der Waals surface area contributed by atoms with Crippen LogP contribution in [0.5, 0.6) is 0 Å². The van der Waals surface area contributed by atoms with Crippen molar-refractivity contribution in [3.63, 3.8) is 0 Å². The summed E-state index contributed by atoms with van der Waals surface area (Å²) in [5.41, 5.74) is 5.78. The van der Waals surface area contributed by atoms with Gasteiger partial charge in [-0.15, -0.1) is 0 Å². The number of hydrogen-bond donors (Lipinski definition) is 2. The molecule has 0 aliphatic rings. The van der Waals surface area contributed by atoms with E-state index in [1.165, 1.54) is 0 Å².